The molecule has 2 aliphatic rings. The van der Waals surface area contributed by atoms with E-state index in [0.29, 0.717) is 23.2 Å². The van der Waals surface area contributed by atoms with Crippen LogP contribution in [0, 0.1) is 23.2 Å². The van der Waals surface area contributed by atoms with Gasteiger partial charge in [0.1, 0.15) is 0 Å². The summed E-state index contributed by atoms with van der Waals surface area (Å²) in [6.45, 7) is 16.4. The van der Waals surface area contributed by atoms with Crippen molar-refractivity contribution in [1.82, 2.24) is 0 Å². The Hall–Kier alpha value is -1.04. The maximum absolute atomic E-state index is 4.42. The fourth-order valence-electron chi connectivity index (χ4n) is 5.99. The first-order chi connectivity index (χ1) is 12.9. The molecule has 150 valence electrons. The topological polar surface area (TPSA) is 0 Å². The summed E-state index contributed by atoms with van der Waals surface area (Å²) in [5.74, 6) is 3.02. The van der Waals surface area contributed by atoms with Crippen LogP contribution < -0.4 is 0 Å². The lowest BCUT2D eigenvalue weighted by Gasteiger charge is -2.36. The van der Waals surface area contributed by atoms with E-state index < -0.39 is 0 Å². The Labute approximate surface area is 168 Å². The third-order valence-corrected chi connectivity index (χ3v) is 8.35. The van der Waals surface area contributed by atoms with E-state index in [1.807, 2.05) is 0 Å². The van der Waals surface area contributed by atoms with Crippen molar-refractivity contribution in [2.45, 2.75) is 98.3 Å². The molecule has 2 fully saturated rings. The molecule has 0 heteroatoms. The van der Waals surface area contributed by atoms with Gasteiger partial charge in [-0.2, -0.15) is 0 Å². The zero-order valence-electron chi connectivity index (χ0n) is 18.6. The maximum atomic E-state index is 4.42. The summed E-state index contributed by atoms with van der Waals surface area (Å²) >= 11 is 0. The molecule has 0 bridgehead atoms. The van der Waals surface area contributed by atoms with Crippen LogP contribution in [0.1, 0.15) is 102 Å². The van der Waals surface area contributed by atoms with Crippen molar-refractivity contribution in [3.05, 3.63) is 47.0 Å². The molecule has 0 saturated heterocycles. The van der Waals surface area contributed by atoms with Crippen LogP contribution in [0.25, 0.3) is 0 Å². The van der Waals surface area contributed by atoms with E-state index in [1.54, 1.807) is 16.7 Å². The molecule has 0 spiro atoms. The third-order valence-electron chi connectivity index (χ3n) is 8.35. The molecule has 0 heterocycles. The van der Waals surface area contributed by atoms with Crippen LogP contribution in [-0.2, 0) is 12.8 Å². The highest BCUT2D eigenvalue weighted by Gasteiger charge is 2.46. The molecule has 27 heavy (non-hydrogen) atoms. The maximum Gasteiger partial charge on any atom is -0.00995 e. The Balaban J connectivity index is 1.91. The van der Waals surface area contributed by atoms with Crippen LogP contribution in [0.4, 0.5) is 0 Å². The lowest BCUT2D eigenvalue weighted by atomic mass is 9.68. The summed E-state index contributed by atoms with van der Waals surface area (Å²) < 4.78 is 0. The van der Waals surface area contributed by atoms with Gasteiger partial charge in [-0.05, 0) is 77.9 Å². The summed E-state index contributed by atoms with van der Waals surface area (Å²) in [7, 11) is 0. The molecule has 0 aliphatic heterocycles. The smallest absolute Gasteiger partial charge is 0.00995 e. The highest BCUT2D eigenvalue weighted by molar-refractivity contribution is 5.36. The largest absolute Gasteiger partial charge is 0.0996 e. The van der Waals surface area contributed by atoms with Gasteiger partial charge in [-0.25, -0.2) is 0 Å². The number of aryl methyl sites for hydroxylation is 1. The Morgan fingerprint density at radius 1 is 1.15 bits per heavy atom. The molecule has 0 nitrogen and oxygen atoms in total. The molecule has 3 atom stereocenters. The Morgan fingerprint density at radius 3 is 2.44 bits per heavy atom. The van der Waals surface area contributed by atoms with E-state index in [9.17, 15) is 0 Å². The van der Waals surface area contributed by atoms with E-state index in [1.165, 1.54) is 56.9 Å². The van der Waals surface area contributed by atoms with Crippen LogP contribution in [-0.4, -0.2) is 0 Å². The van der Waals surface area contributed by atoms with Crippen molar-refractivity contribution in [3.63, 3.8) is 0 Å². The standard InChI is InChI=1S/C27H42/c1-7-20(5)25-17-26(27(6,18-25)19(3)4)23-14-13-22(8-2)24(16-23)15-21-11-9-10-12-21/h13-14,16,19,21,25-26H,5,7-12,15,17-18H2,1-4,6H3/t25?,26-,27-/m0/s1. The summed E-state index contributed by atoms with van der Waals surface area (Å²) in [6, 6.07) is 7.56. The summed E-state index contributed by atoms with van der Waals surface area (Å²) in [5, 5.41) is 0. The predicted octanol–water partition coefficient (Wildman–Crippen LogP) is 8.10. The van der Waals surface area contributed by atoms with Crippen LogP contribution in [0.15, 0.2) is 30.4 Å². The van der Waals surface area contributed by atoms with Crippen molar-refractivity contribution < 1.29 is 0 Å². The third kappa shape index (κ3) is 4.20. The number of hydrogen-bond donors (Lipinski definition) is 0. The minimum Gasteiger partial charge on any atom is -0.0996 e. The molecule has 0 aromatic heterocycles. The quantitative estimate of drug-likeness (QED) is 0.427. The van der Waals surface area contributed by atoms with Gasteiger partial charge in [0, 0.05) is 0 Å². The SMILES string of the molecule is C=C(CC)C1C[C@@H](c2ccc(CC)c(CC3CCCC3)c2)[C@](C)(C(C)C)C1. The van der Waals surface area contributed by atoms with Crippen molar-refractivity contribution in [2.75, 3.05) is 0 Å². The lowest BCUT2D eigenvalue weighted by molar-refractivity contribution is 0.192. The number of rotatable bonds is 7. The first-order valence-electron chi connectivity index (χ1n) is 11.7. The normalized spacial score (nSPS) is 29.0. The second kappa shape index (κ2) is 8.54. The molecular weight excluding hydrogens is 324 g/mol. The average Bonchev–Trinajstić information content (AvgIpc) is 3.29. The molecule has 2 aliphatic carbocycles. The van der Waals surface area contributed by atoms with Crippen molar-refractivity contribution >= 4 is 0 Å². The number of allylic oxidation sites excluding steroid dienone is 1. The van der Waals surface area contributed by atoms with Gasteiger partial charge in [0.2, 0.25) is 0 Å². The highest BCUT2D eigenvalue weighted by atomic mass is 14.5. The molecular formula is C27H42. The fourth-order valence-corrected chi connectivity index (χ4v) is 5.99. The van der Waals surface area contributed by atoms with Crippen molar-refractivity contribution in [2.24, 2.45) is 23.2 Å². The minimum atomic E-state index is 0.390. The Morgan fingerprint density at radius 2 is 1.85 bits per heavy atom. The zero-order valence-corrected chi connectivity index (χ0v) is 18.6. The van der Waals surface area contributed by atoms with E-state index in [4.69, 9.17) is 0 Å². The molecule has 3 rings (SSSR count). The van der Waals surface area contributed by atoms with E-state index in [0.717, 1.165) is 12.3 Å². The molecule has 0 amide bonds. The second-order valence-corrected chi connectivity index (χ2v) is 10.1. The molecule has 1 aromatic carbocycles. The predicted molar refractivity (Wildman–Crippen MR) is 119 cm³/mol. The van der Waals surface area contributed by atoms with Crippen LogP contribution in [0.5, 0.6) is 0 Å². The van der Waals surface area contributed by atoms with E-state index in [-0.39, 0.29) is 0 Å². The van der Waals surface area contributed by atoms with Crippen LogP contribution >= 0.6 is 0 Å². The highest BCUT2D eigenvalue weighted by Crippen LogP contribution is 2.57. The van der Waals surface area contributed by atoms with Crippen LogP contribution in [0.3, 0.4) is 0 Å². The van der Waals surface area contributed by atoms with Gasteiger partial charge in [0.05, 0.1) is 0 Å². The summed E-state index contributed by atoms with van der Waals surface area (Å²) in [5.41, 5.74) is 6.72. The first kappa shape index (κ1) is 20.7. The van der Waals surface area contributed by atoms with Gasteiger partial charge in [0.25, 0.3) is 0 Å². The molecule has 0 N–H and O–H groups in total. The fraction of sp³-hybridized carbons (Fsp3) is 0.704. The zero-order chi connectivity index (χ0) is 19.6. The first-order valence-corrected chi connectivity index (χ1v) is 11.7. The van der Waals surface area contributed by atoms with E-state index >= 15 is 0 Å². The molecule has 1 aromatic rings. The number of benzene rings is 1. The van der Waals surface area contributed by atoms with Gasteiger partial charge >= 0.3 is 0 Å². The monoisotopic (exact) mass is 366 g/mol. The second-order valence-electron chi connectivity index (χ2n) is 10.1. The number of hydrogen-bond acceptors (Lipinski definition) is 0. The molecule has 1 unspecified atom stereocenters. The van der Waals surface area contributed by atoms with Crippen molar-refractivity contribution in [3.8, 4) is 0 Å². The Kier molecular flexibility index (Phi) is 6.54. The van der Waals surface area contributed by atoms with E-state index in [2.05, 4.69) is 59.4 Å². The van der Waals surface area contributed by atoms with Crippen molar-refractivity contribution in [1.29, 1.82) is 0 Å². The average molecular weight is 367 g/mol. The van der Waals surface area contributed by atoms with Gasteiger partial charge in [-0.15, -0.1) is 0 Å². The lowest BCUT2D eigenvalue weighted by Crippen LogP contribution is -2.27. The minimum absolute atomic E-state index is 0.390. The van der Waals surface area contributed by atoms with Gasteiger partial charge in [-0.3, -0.25) is 0 Å². The molecule has 0 radical (unpaired) electrons. The Bertz CT molecular complexity index is 646. The van der Waals surface area contributed by atoms with Gasteiger partial charge < -0.3 is 0 Å². The van der Waals surface area contributed by atoms with Crippen LogP contribution in [0.2, 0.25) is 0 Å². The van der Waals surface area contributed by atoms with Gasteiger partial charge in [0.15, 0.2) is 0 Å². The van der Waals surface area contributed by atoms with Gasteiger partial charge in [-0.1, -0.05) is 90.7 Å². The summed E-state index contributed by atoms with van der Waals surface area (Å²) in [4.78, 5) is 0. The summed E-state index contributed by atoms with van der Waals surface area (Å²) in [6.07, 6.45) is 12.0. The molecule has 2 saturated carbocycles.